The summed E-state index contributed by atoms with van der Waals surface area (Å²) in [5.41, 5.74) is 0.908. The summed E-state index contributed by atoms with van der Waals surface area (Å²) in [5, 5.41) is 15.6. The molecule has 1 saturated carbocycles. The van der Waals surface area contributed by atoms with Gasteiger partial charge in [0.15, 0.2) is 11.6 Å². The molecule has 0 radical (unpaired) electrons. The van der Waals surface area contributed by atoms with Crippen LogP contribution in [0.3, 0.4) is 0 Å². The number of likely N-dealkylation sites (tertiary alicyclic amines) is 1. The number of aryl methyl sites for hydroxylation is 1. The summed E-state index contributed by atoms with van der Waals surface area (Å²) in [6, 6.07) is 7.37. The average Bonchev–Trinajstić information content (AvgIpc) is 3.21. The second-order valence-electron chi connectivity index (χ2n) is 8.66. The van der Waals surface area contributed by atoms with Crippen molar-refractivity contribution >= 4 is 11.6 Å². The van der Waals surface area contributed by atoms with Crippen molar-refractivity contribution < 1.29 is 0 Å². The second kappa shape index (κ2) is 10.8. The molecule has 3 heterocycles. The number of pyridine rings is 1. The van der Waals surface area contributed by atoms with Crippen molar-refractivity contribution in [3.05, 3.63) is 30.2 Å². The number of aromatic nitrogens is 3. The molecule has 7 nitrogen and oxygen atoms in total. The van der Waals surface area contributed by atoms with Crippen molar-refractivity contribution in [2.24, 2.45) is 4.99 Å². The van der Waals surface area contributed by atoms with Gasteiger partial charge in [-0.3, -0.25) is 9.39 Å². The summed E-state index contributed by atoms with van der Waals surface area (Å²) in [7, 11) is 0. The van der Waals surface area contributed by atoms with E-state index in [1.165, 1.54) is 58.0 Å². The first kappa shape index (κ1) is 21.1. The normalized spacial score (nSPS) is 20.0. The third-order valence-electron chi connectivity index (χ3n) is 6.52. The Hall–Kier alpha value is -2.15. The fourth-order valence-corrected chi connectivity index (χ4v) is 4.86. The zero-order valence-electron chi connectivity index (χ0n) is 18.4. The van der Waals surface area contributed by atoms with E-state index >= 15 is 0 Å². The SMILES string of the molecule is CCNC(=NCCCc1nnc2ccccn12)NC1CCN(C2CCCCC2)CC1. The van der Waals surface area contributed by atoms with Gasteiger partial charge in [0.2, 0.25) is 0 Å². The lowest BCUT2D eigenvalue weighted by Crippen LogP contribution is -2.51. The number of hydrogen-bond donors (Lipinski definition) is 2. The Morgan fingerprint density at radius 1 is 1.10 bits per heavy atom. The highest BCUT2D eigenvalue weighted by atomic mass is 15.2. The van der Waals surface area contributed by atoms with Crippen LogP contribution in [0.4, 0.5) is 0 Å². The van der Waals surface area contributed by atoms with Gasteiger partial charge in [0.05, 0.1) is 0 Å². The molecule has 164 valence electrons. The van der Waals surface area contributed by atoms with Crippen molar-refractivity contribution in [1.29, 1.82) is 0 Å². The molecule has 0 bridgehead atoms. The molecule has 2 aliphatic rings. The van der Waals surface area contributed by atoms with E-state index in [1.807, 2.05) is 24.4 Å². The van der Waals surface area contributed by atoms with Gasteiger partial charge in [0.1, 0.15) is 5.82 Å². The number of hydrogen-bond acceptors (Lipinski definition) is 4. The van der Waals surface area contributed by atoms with Crippen LogP contribution < -0.4 is 10.6 Å². The number of rotatable bonds is 7. The lowest BCUT2D eigenvalue weighted by atomic mass is 9.92. The van der Waals surface area contributed by atoms with Crippen LogP contribution in [0, 0.1) is 0 Å². The average molecular weight is 412 g/mol. The van der Waals surface area contributed by atoms with E-state index in [-0.39, 0.29) is 0 Å². The Kier molecular flexibility index (Phi) is 7.56. The minimum atomic E-state index is 0.531. The van der Waals surface area contributed by atoms with Crippen LogP contribution in [0.5, 0.6) is 0 Å². The topological polar surface area (TPSA) is 69.8 Å². The van der Waals surface area contributed by atoms with Crippen LogP contribution in [0.1, 0.15) is 64.1 Å². The van der Waals surface area contributed by atoms with E-state index < -0.39 is 0 Å². The van der Waals surface area contributed by atoms with Gasteiger partial charge in [0, 0.05) is 50.9 Å². The monoisotopic (exact) mass is 411 g/mol. The van der Waals surface area contributed by atoms with Gasteiger partial charge in [-0.05, 0) is 51.2 Å². The Bertz CT molecular complexity index is 801. The molecule has 2 aromatic rings. The summed E-state index contributed by atoms with van der Waals surface area (Å²) in [5.74, 6) is 1.97. The molecule has 0 amide bonds. The maximum absolute atomic E-state index is 4.82. The Morgan fingerprint density at radius 3 is 2.73 bits per heavy atom. The quantitative estimate of drug-likeness (QED) is 0.416. The Morgan fingerprint density at radius 2 is 1.93 bits per heavy atom. The van der Waals surface area contributed by atoms with Gasteiger partial charge < -0.3 is 15.5 Å². The van der Waals surface area contributed by atoms with Crippen LogP contribution >= 0.6 is 0 Å². The Balaban J connectivity index is 1.23. The smallest absolute Gasteiger partial charge is 0.191 e. The summed E-state index contributed by atoms with van der Waals surface area (Å²) in [6.45, 7) is 6.26. The van der Waals surface area contributed by atoms with E-state index in [0.717, 1.165) is 49.4 Å². The summed E-state index contributed by atoms with van der Waals surface area (Å²) < 4.78 is 2.06. The maximum Gasteiger partial charge on any atom is 0.191 e. The first-order valence-corrected chi connectivity index (χ1v) is 11.9. The highest BCUT2D eigenvalue weighted by Crippen LogP contribution is 2.25. The molecule has 1 aliphatic carbocycles. The van der Waals surface area contributed by atoms with Gasteiger partial charge in [-0.1, -0.05) is 25.3 Å². The molecule has 1 aliphatic heterocycles. The zero-order valence-corrected chi connectivity index (χ0v) is 18.4. The zero-order chi connectivity index (χ0) is 20.6. The lowest BCUT2D eigenvalue weighted by molar-refractivity contribution is 0.119. The summed E-state index contributed by atoms with van der Waals surface area (Å²) in [6.07, 6.45) is 13.4. The van der Waals surface area contributed by atoms with Gasteiger partial charge in [-0.25, -0.2) is 0 Å². The number of fused-ring (bicyclic) bond motifs is 1. The van der Waals surface area contributed by atoms with Crippen LogP contribution in [0.25, 0.3) is 5.65 Å². The van der Waals surface area contributed by atoms with E-state index in [0.29, 0.717) is 6.04 Å². The number of nitrogens with one attached hydrogen (secondary N) is 2. The van der Waals surface area contributed by atoms with E-state index in [9.17, 15) is 0 Å². The summed E-state index contributed by atoms with van der Waals surface area (Å²) >= 11 is 0. The van der Waals surface area contributed by atoms with Gasteiger partial charge >= 0.3 is 0 Å². The molecule has 2 aromatic heterocycles. The minimum Gasteiger partial charge on any atom is -0.357 e. The minimum absolute atomic E-state index is 0.531. The molecular weight excluding hydrogens is 374 g/mol. The molecule has 0 aromatic carbocycles. The highest BCUT2D eigenvalue weighted by molar-refractivity contribution is 5.80. The molecule has 2 fully saturated rings. The fourth-order valence-electron chi connectivity index (χ4n) is 4.86. The molecule has 7 heteroatoms. The van der Waals surface area contributed by atoms with E-state index in [1.54, 1.807) is 0 Å². The van der Waals surface area contributed by atoms with E-state index in [2.05, 4.69) is 37.1 Å². The molecule has 30 heavy (non-hydrogen) atoms. The van der Waals surface area contributed by atoms with Crippen molar-refractivity contribution in [2.45, 2.75) is 76.8 Å². The van der Waals surface area contributed by atoms with Gasteiger partial charge in [-0.2, -0.15) is 0 Å². The predicted octanol–water partition coefficient (Wildman–Crippen LogP) is 3.01. The first-order valence-electron chi connectivity index (χ1n) is 11.9. The molecule has 0 atom stereocenters. The number of guanidine groups is 1. The molecule has 0 spiro atoms. The lowest BCUT2D eigenvalue weighted by Gasteiger charge is -2.39. The van der Waals surface area contributed by atoms with Crippen molar-refractivity contribution in [3.63, 3.8) is 0 Å². The summed E-state index contributed by atoms with van der Waals surface area (Å²) in [4.78, 5) is 7.56. The van der Waals surface area contributed by atoms with Gasteiger partial charge in [0.25, 0.3) is 0 Å². The molecule has 4 rings (SSSR count). The third-order valence-corrected chi connectivity index (χ3v) is 6.52. The van der Waals surface area contributed by atoms with Crippen LogP contribution in [-0.4, -0.2) is 63.7 Å². The number of nitrogens with zero attached hydrogens (tertiary/aromatic N) is 5. The van der Waals surface area contributed by atoms with Crippen molar-refractivity contribution in [2.75, 3.05) is 26.2 Å². The molecule has 1 saturated heterocycles. The maximum atomic E-state index is 4.82. The van der Waals surface area contributed by atoms with Crippen molar-refractivity contribution in [1.82, 2.24) is 30.1 Å². The largest absolute Gasteiger partial charge is 0.357 e. The fraction of sp³-hybridized carbons (Fsp3) is 0.696. The predicted molar refractivity (Wildman–Crippen MR) is 122 cm³/mol. The number of aliphatic imine (C=N–C) groups is 1. The van der Waals surface area contributed by atoms with Crippen LogP contribution in [0.15, 0.2) is 29.4 Å². The molecule has 2 N–H and O–H groups in total. The number of piperidine rings is 1. The molecule has 0 unspecified atom stereocenters. The third kappa shape index (κ3) is 5.50. The van der Waals surface area contributed by atoms with Gasteiger partial charge in [-0.15, -0.1) is 10.2 Å². The Labute approximate surface area is 180 Å². The molecular formula is C23H37N7. The highest BCUT2D eigenvalue weighted by Gasteiger charge is 2.26. The van der Waals surface area contributed by atoms with Crippen LogP contribution in [-0.2, 0) is 6.42 Å². The standard InChI is InChI=1S/C23H37N7/c1-2-24-23(25-15-8-12-22-28-27-21-11-6-7-16-30(21)22)26-19-13-17-29(18-14-19)20-9-4-3-5-10-20/h6-7,11,16,19-20H,2-5,8-10,12-15,17-18H2,1H3,(H2,24,25,26). The first-order chi connectivity index (χ1) is 14.8. The second-order valence-corrected chi connectivity index (χ2v) is 8.66. The van der Waals surface area contributed by atoms with Crippen LogP contribution in [0.2, 0.25) is 0 Å². The van der Waals surface area contributed by atoms with Crippen molar-refractivity contribution in [3.8, 4) is 0 Å². The van der Waals surface area contributed by atoms with E-state index in [4.69, 9.17) is 4.99 Å².